The van der Waals surface area contributed by atoms with Crippen molar-refractivity contribution in [3.63, 3.8) is 0 Å². The van der Waals surface area contributed by atoms with E-state index in [1.165, 1.54) is 23.9 Å². The number of carbonyl (C=O) groups excluding carboxylic acids is 2. The second-order valence-corrected chi connectivity index (χ2v) is 8.68. The van der Waals surface area contributed by atoms with Crippen LogP contribution in [0.5, 0.6) is 0 Å². The molecule has 0 radical (unpaired) electrons. The van der Waals surface area contributed by atoms with Crippen LogP contribution in [0.2, 0.25) is 0 Å². The summed E-state index contributed by atoms with van der Waals surface area (Å²) in [5.74, 6) is 0.782. The van der Waals surface area contributed by atoms with E-state index in [0.717, 1.165) is 16.9 Å². The highest BCUT2D eigenvalue weighted by molar-refractivity contribution is 7.99. The van der Waals surface area contributed by atoms with Crippen molar-refractivity contribution in [3.8, 4) is 0 Å². The number of thioether (sulfide) groups is 1. The minimum absolute atomic E-state index is 0.0909. The molecular formula is C24H31FN2O2S. The Kier molecular flexibility index (Phi) is 9.87. The van der Waals surface area contributed by atoms with E-state index in [2.05, 4.69) is 5.32 Å². The van der Waals surface area contributed by atoms with E-state index in [-0.39, 0.29) is 29.9 Å². The minimum atomic E-state index is -0.557. The van der Waals surface area contributed by atoms with Crippen LogP contribution in [0, 0.1) is 11.7 Å². The predicted molar refractivity (Wildman–Crippen MR) is 121 cm³/mol. The summed E-state index contributed by atoms with van der Waals surface area (Å²) in [6, 6.07) is 15.5. The average Bonchev–Trinajstić information content (AvgIpc) is 2.74. The van der Waals surface area contributed by atoms with Gasteiger partial charge in [0.2, 0.25) is 11.8 Å². The van der Waals surface area contributed by atoms with E-state index < -0.39 is 6.04 Å². The molecule has 0 aliphatic carbocycles. The van der Waals surface area contributed by atoms with Crippen LogP contribution >= 0.6 is 11.8 Å². The topological polar surface area (TPSA) is 49.4 Å². The van der Waals surface area contributed by atoms with Gasteiger partial charge in [-0.1, -0.05) is 63.2 Å². The largest absolute Gasteiger partial charge is 0.354 e. The average molecular weight is 431 g/mol. The molecule has 6 heteroatoms. The minimum Gasteiger partial charge on any atom is -0.354 e. The molecule has 162 valence electrons. The van der Waals surface area contributed by atoms with Crippen LogP contribution in [0.3, 0.4) is 0 Å². The summed E-state index contributed by atoms with van der Waals surface area (Å²) in [6.45, 7) is 6.81. The standard InChI is InChI=1S/C24H31FN2O2S/c1-4-22(24(29)26-14-18(2)3)27(15-19-10-12-21(25)13-11-19)23(28)17-30-16-20-8-6-5-7-9-20/h5-13,18,22H,4,14-17H2,1-3H3,(H,26,29)/t22-/m1/s1. The van der Waals surface area contributed by atoms with Gasteiger partial charge in [0.25, 0.3) is 0 Å². The summed E-state index contributed by atoms with van der Waals surface area (Å²) in [4.78, 5) is 27.5. The quantitative estimate of drug-likeness (QED) is 0.565. The normalized spacial score (nSPS) is 11.9. The third-order valence-corrected chi connectivity index (χ3v) is 5.66. The summed E-state index contributed by atoms with van der Waals surface area (Å²) in [7, 11) is 0. The number of nitrogens with one attached hydrogen (secondary N) is 1. The first-order valence-corrected chi connectivity index (χ1v) is 11.5. The van der Waals surface area contributed by atoms with Gasteiger partial charge in [-0.3, -0.25) is 9.59 Å². The van der Waals surface area contributed by atoms with Gasteiger partial charge in [0.15, 0.2) is 0 Å². The first-order chi connectivity index (χ1) is 14.4. The number of hydrogen-bond donors (Lipinski definition) is 1. The molecule has 0 saturated carbocycles. The van der Waals surface area contributed by atoms with Crippen molar-refractivity contribution in [2.75, 3.05) is 12.3 Å². The molecule has 2 aromatic rings. The summed E-state index contributed by atoms with van der Waals surface area (Å²) in [5.41, 5.74) is 1.95. The molecule has 0 fully saturated rings. The Morgan fingerprint density at radius 3 is 2.30 bits per heavy atom. The second kappa shape index (κ2) is 12.4. The zero-order valence-electron chi connectivity index (χ0n) is 17.9. The lowest BCUT2D eigenvalue weighted by atomic mass is 10.1. The number of hydrogen-bond acceptors (Lipinski definition) is 3. The van der Waals surface area contributed by atoms with Crippen molar-refractivity contribution < 1.29 is 14.0 Å². The second-order valence-electron chi connectivity index (χ2n) is 7.69. The Balaban J connectivity index is 2.10. The molecule has 2 rings (SSSR count). The number of halogens is 1. The Bertz CT molecular complexity index is 797. The zero-order chi connectivity index (χ0) is 21.9. The monoisotopic (exact) mass is 430 g/mol. The first kappa shape index (κ1) is 23.9. The van der Waals surface area contributed by atoms with E-state index in [9.17, 15) is 14.0 Å². The third-order valence-electron chi connectivity index (χ3n) is 4.67. The summed E-state index contributed by atoms with van der Waals surface area (Å²) in [5, 5.41) is 2.95. The van der Waals surface area contributed by atoms with E-state index in [0.29, 0.717) is 18.9 Å². The van der Waals surface area contributed by atoms with E-state index in [1.54, 1.807) is 17.0 Å². The van der Waals surface area contributed by atoms with Crippen LogP contribution in [0.15, 0.2) is 54.6 Å². The van der Waals surface area contributed by atoms with Gasteiger partial charge in [0, 0.05) is 18.8 Å². The van der Waals surface area contributed by atoms with Crippen molar-refractivity contribution in [2.45, 2.75) is 45.5 Å². The van der Waals surface area contributed by atoms with Crippen LogP contribution in [-0.4, -0.2) is 35.1 Å². The molecular weight excluding hydrogens is 399 g/mol. The highest BCUT2D eigenvalue weighted by Crippen LogP contribution is 2.17. The summed E-state index contributed by atoms with van der Waals surface area (Å²) < 4.78 is 13.3. The van der Waals surface area contributed by atoms with Crippen LogP contribution in [0.4, 0.5) is 4.39 Å². The fourth-order valence-corrected chi connectivity index (χ4v) is 3.91. The number of rotatable bonds is 11. The van der Waals surface area contributed by atoms with Crippen LogP contribution in [0.1, 0.15) is 38.3 Å². The predicted octanol–water partition coefficient (Wildman–Crippen LogP) is 4.64. The van der Waals surface area contributed by atoms with Gasteiger partial charge in [-0.15, -0.1) is 11.8 Å². The molecule has 0 bridgehead atoms. The third kappa shape index (κ3) is 7.82. The Hall–Kier alpha value is -2.34. The zero-order valence-corrected chi connectivity index (χ0v) is 18.8. The molecule has 4 nitrogen and oxygen atoms in total. The Labute approximate surface area is 183 Å². The first-order valence-electron chi connectivity index (χ1n) is 10.3. The van der Waals surface area contributed by atoms with Crippen molar-refractivity contribution in [1.82, 2.24) is 10.2 Å². The molecule has 2 amide bonds. The highest BCUT2D eigenvalue weighted by atomic mass is 32.2. The van der Waals surface area contributed by atoms with Crippen LogP contribution in [0.25, 0.3) is 0 Å². The van der Waals surface area contributed by atoms with Gasteiger partial charge in [-0.25, -0.2) is 4.39 Å². The van der Waals surface area contributed by atoms with E-state index in [4.69, 9.17) is 0 Å². The Morgan fingerprint density at radius 2 is 1.70 bits per heavy atom. The smallest absolute Gasteiger partial charge is 0.242 e. The molecule has 0 aliphatic heterocycles. The maximum atomic E-state index is 13.3. The van der Waals surface area contributed by atoms with Crippen LogP contribution in [-0.2, 0) is 21.9 Å². The molecule has 0 saturated heterocycles. The summed E-state index contributed by atoms with van der Waals surface area (Å²) >= 11 is 1.53. The van der Waals surface area contributed by atoms with Gasteiger partial charge in [-0.2, -0.15) is 0 Å². The summed E-state index contributed by atoms with van der Waals surface area (Å²) in [6.07, 6.45) is 0.514. The Morgan fingerprint density at radius 1 is 1.03 bits per heavy atom. The molecule has 0 aromatic heterocycles. The van der Waals surface area contributed by atoms with Crippen molar-refractivity contribution in [3.05, 3.63) is 71.5 Å². The van der Waals surface area contributed by atoms with Gasteiger partial charge in [0.1, 0.15) is 11.9 Å². The fraction of sp³-hybridized carbons (Fsp3) is 0.417. The van der Waals surface area contributed by atoms with Gasteiger partial charge < -0.3 is 10.2 Å². The van der Waals surface area contributed by atoms with Crippen molar-refractivity contribution in [1.29, 1.82) is 0 Å². The molecule has 1 N–H and O–H groups in total. The SMILES string of the molecule is CC[C@H](C(=O)NCC(C)C)N(Cc1ccc(F)cc1)C(=O)CSCc1ccccc1. The van der Waals surface area contributed by atoms with Gasteiger partial charge >= 0.3 is 0 Å². The van der Waals surface area contributed by atoms with E-state index >= 15 is 0 Å². The number of benzene rings is 2. The molecule has 0 aliphatic rings. The maximum Gasteiger partial charge on any atom is 0.242 e. The fourth-order valence-electron chi connectivity index (χ4n) is 3.04. The van der Waals surface area contributed by atoms with Gasteiger partial charge in [0.05, 0.1) is 5.75 Å². The maximum absolute atomic E-state index is 13.3. The van der Waals surface area contributed by atoms with Crippen molar-refractivity contribution >= 4 is 23.6 Å². The number of carbonyl (C=O) groups is 2. The molecule has 1 atom stereocenters. The van der Waals surface area contributed by atoms with Gasteiger partial charge in [-0.05, 0) is 35.6 Å². The lowest BCUT2D eigenvalue weighted by Crippen LogP contribution is -2.50. The van der Waals surface area contributed by atoms with E-state index in [1.807, 2.05) is 51.1 Å². The van der Waals surface area contributed by atoms with Crippen molar-refractivity contribution in [2.24, 2.45) is 5.92 Å². The van der Waals surface area contributed by atoms with Crippen LogP contribution < -0.4 is 5.32 Å². The molecule has 0 spiro atoms. The molecule has 0 unspecified atom stereocenters. The number of amides is 2. The molecule has 2 aromatic carbocycles. The molecule has 0 heterocycles. The highest BCUT2D eigenvalue weighted by Gasteiger charge is 2.28. The number of nitrogens with zero attached hydrogens (tertiary/aromatic N) is 1. The lowest BCUT2D eigenvalue weighted by molar-refractivity contribution is -0.139. The molecule has 30 heavy (non-hydrogen) atoms. The lowest BCUT2D eigenvalue weighted by Gasteiger charge is -2.31.